The van der Waals surface area contributed by atoms with Crippen LogP contribution in [0.3, 0.4) is 0 Å². The fourth-order valence-electron chi connectivity index (χ4n) is 2.27. The molecule has 0 aliphatic carbocycles. The molecule has 21 heavy (non-hydrogen) atoms. The van der Waals surface area contributed by atoms with Gasteiger partial charge in [-0.2, -0.15) is 0 Å². The van der Waals surface area contributed by atoms with Crippen LogP contribution in [0, 0.1) is 5.82 Å². The largest absolute Gasteiger partial charge is 0.310 e. The van der Waals surface area contributed by atoms with E-state index >= 15 is 0 Å². The highest BCUT2D eigenvalue weighted by atomic mass is 35.5. The minimum absolute atomic E-state index is 0.0577. The molecule has 2 aromatic carbocycles. The van der Waals surface area contributed by atoms with Crippen LogP contribution in [-0.4, -0.2) is 6.54 Å². The van der Waals surface area contributed by atoms with Gasteiger partial charge in [0.15, 0.2) is 0 Å². The average Bonchev–Trinajstić information content (AvgIpc) is 2.43. The van der Waals surface area contributed by atoms with E-state index in [1.54, 1.807) is 12.1 Å². The standard InChI is InChI=1S/C16H15Cl3FN/c1-2-21-15(16-11(17)4-3-5-12(16)18)9-10-6-7-14(20)13(19)8-10/h3-8,15,21H,2,9H2,1H3. The maximum atomic E-state index is 13.2. The topological polar surface area (TPSA) is 12.0 Å². The summed E-state index contributed by atoms with van der Waals surface area (Å²) in [6.45, 7) is 2.77. The van der Waals surface area contributed by atoms with Gasteiger partial charge in [0.05, 0.1) is 5.02 Å². The first-order chi connectivity index (χ1) is 10.0. The molecule has 1 N–H and O–H groups in total. The van der Waals surface area contributed by atoms with Gasteiger partial charge in [-0.25, -0.2) is 4.39 Å². The lowest BCUT2D eigenvalue weighted by Gasteiger charge is -2.21. The van der Waals surface area contributed by atoms with Gasteiger partial charge in [0.2, 0.25) is 0 Å². The number of hydrogen-bond acceptors (Lipinski definition) is 1. The molecule has 1 nitrogen and oxygen atoms in total. The third-order valence-electron chi connectivity index (χ3n) is 3.22. The minimum Gasteiger partial charge on any atom is -0.310 e. The molecule has 0 bridgehead atoms. The highest BCUT2D eigenvalue weighted by Crippen LogP contribution is 2.32. The first-order valence-corrected chi connectivity index (χ1v) is 7.77. The van der Waals surface area contributed by atoms with Crippen LogP contribution in [-0.2, 0) is 6.42 Å². The summed E-state index contributed by atoms with van der Waals surface area (Å²) in [5, 5.41) is 4.70. The van der Waals surface area contributed by atoms with Crippen molar-refractivity contribution < 1.29 is 4.39 Å². The van der Waals surface area contributed by atoms with Crippen LogP contribution in [0.4, 0.5) is 4.39 Å². The molecule has 0 saturated heterocycles. The SMILES string of the molecule is CCNC(Cc1ccc(F)c(Cl)c1)c1c(Cl)cccc1Cl. The Bertz CT molecular complexity index is 611. The molecule has 0 spiro atoms. The number of nitrogens with one attached hydrogen (secondary N) is 1. The van der Waals surface area contributed by atoms with E-state index in [1.165, 1.54) is 6.07 Å². The normalized spacial score (nSPS) is 12.4. The van der Waals surface area contributed by atoms with Crippen molar-refractivity contribution in [3.63, 3.8) is 0 Å². The van der Waals surface area contributed by atoms with Crippen LogP contribution in [0.15, 0.2) is 36.4 Å². The molecule has 0 radical (unpaired) electrons. The third-order valence-corrected chi connectivity index (χ3v) is 4.17. The smallest absolute Gasteiger partial charge is 0.141 e. The second kappa shape index (κ2) is 7.46. The molecule has 2 rings (SSSR count). The molecular weight excluding hydrogens is 332 g/mol. The van der Waals surface area contributed by atoms with E-state index in [4.69, 9.17) is 34.8 Å². The van der Waals surface area contributed by atoms with Gasteiger partial charge in [-0.3, -0.25) is 0 Å². The van der Waals surface area contributed by atoms with E-state index in [1.807, 2.05) is 25.1 Å². The molecule has 0 aromatic heterocycles. The number of rotatable bonds is 5. The number of benzene rings is 2. The highest BCUT2D eigenvalue weighted by molar-refractivity contribution is 6.36. The molecule has 0 heterocycles. The molecule has 112 valence electrons. The lowest BCUT2D eigenvalue weighted by Crippen LogP contribution is -2.23. The van der Waals surface area contributed by atoms with Gasteiger partial charge in [-0.05, 0) is 42.8 Å². The maximum Gasteiger partial charge on any atom is 0.141 e. The van der Waals surface area contributed by atoms with Crippen molar-refractivity contribution in [2.45, 2.75) is 19.4 Å². The Morgan fingerprint density at radius 1 is 1.05 bits per heavy atom. The lowest BCUT2D eigenvalue weighted by atomic mass is 9.98. The van der Waals surface area contributed by atoms with E-state index in [0.717, 1.165) is 17.7 Å². The summed E-state index contributed by atoms with van der Waals surface area (Å²) in [7, 11) is 0. The second-order valence-electron chi connectivity index (χ2n) is 4.70. The maximum absolute atomic E-state index is 13.2. The zero-order chi connectivity index (χ0) is 15.4. The Morgan fingerprint density at radius 2 is 1.71 bits per heavy atom. The van der Waals surface area contributed by atoms with E-state index in [2.05, 4.69) is 5.32 Å². The number of hydrogen-bond donors (Lipinski definition) is 1. The van der Waals surface area contributed by atoms with E-state index in [9.17, 15) is 4.39 Å². The fourth-order valence-corrected chi connectivity index (χ4v) is 3.13. The van der Waals surface area contributed by atoms with Gasteiger partial charge in [-0.1, -0.05) is 53.9 Å². The van der Waals surface area contributed by atoms with E-state index < -0.39 is 5.82 Å². The summed E-state index contributed by atoms with van der Waals surface area (Å²) in [6.07, 6.45) is 0.622. The summed E-state index contributed by atoms with van der Waals surface area (Å²) in [5.74, 6) is -0.420. The zero-order valence-corrected chi connectivity index (χ0v) is 13.7. The van der Waals surface area contributed by atoms with Crippen LogP contribution in [0.1, 0.15) is 24.1 Å². The van der Waals surface area contributed by atoms with Crippen molar-refractivity contribution in [3.8, 4) is 0 Å². The molecule has 0 saturated carbocycles. The fraction of sp³-hybridized carbons (Fsp3) is 0.250. The molecule has 1 atom stereocenters. The molecule has 0 amide bonds. The molecular formula is C16H15Cl3FN. The Hall–Kier alpha value is -0.800. The Labute approximate surface area is 139 Å². The Morgan fingerprint density at radius 3 is 2.29 bits per heavy atom. The molecule has 5 heteroatoms. The first-order valence-electron chi connectivity index (χ1n) is 6.64. The molecule has 0 fully saturated rings. The van der Waals surface area contributed by atoms with Crippen molar-refractivity contribution in [2.75, 3.05) is 6.54 Å². The quantitative estimate of drug-likeness (QED) is 0.734. The third kappa shape index (κ3) is 4.10. The van der Waals surface area contributed by atoms with Crippen molar-refractivity contribution in [3.05, 3.63) is 68.4 Å². The van der Waals surface area contributed by atoms with Crippen LogP contribution < -0.4 is 5.32 Å². The summed E-state index contributed by atoms with van der Waals surface area (Å²) in [5.41, 5.74) is 1.77. The predicted molar refractivity (Wildman–Crippen MR) is 88.0 cm³/mol. The highest BCUT2D eigenvalue weighted by Gasteiger charge is 2.18. The van der Waals surface area contributed by atoms with Gasteiger partial charge in [-0.15, -0.1) is 0 Å². The first kappa shape index (κ1) is 16.6. The van der Waals surface area contributed by atoms with Crippen LogP contribution in [0.2, 0.25) is 15.1 Å². The zero-order valence-electron chi connectivity index (χ0n) is 11.5. The van der Waals surface area contributed by atoms with Crippen LogP contribution >= 0.6 is 34.8 Å². The van der Waals surface area contributed by atoms with Crippen molar-refractivity contribution in [1.82, 2.24) is 5.32 Å². The monoisotopic (exact) mass is 345 g/mol. The van der Waals surface area contributed by atoms with Gasteiger partial charge >= 0.3 is 0 Å². The van der Waals surface area contributed by atoms with Gasteiger partial charge < -0.3 is 5.32 Å². The summed E-state index contributed by atoms with van der Waals surface area (Å²) in [6, 6.07) is 10.1. The van der Waals surface area contributed by atoms with Crippen molar-refractivity contribution in [1.29, 1.82) is 0 Å². The summed E-state index contributed by atoms with van der Waals surface area (Å²) >= 11 is 18.4. The van der Waals surface area contributed by atoms with E-state index in [0.29, 0.717) is 16.5 Å². The van der Waals surface area contributed by atoms with Crippen LogP contribution in [0.25, 0.3) is 0 Å². The summed E-state index contributed by atoms with van der Waals surface area (Å²) < 4.78 is 13.2. The Kier molecular flexibility index (Phi) is 5.88. The van der Waals surface area contributed by atoms with Crippen molar-refractivity contribution >= 4 is 34.8 Å². The van der Waals surface area contributed by atoms with E-state index in [-0.39, 0.29) is 11.1 Å². The second-order valence-corrected chi connectivity index (χ2v) is 5.92. The molecule has 0 aliphatic heterocycles. The average molecular weight is 347 g/mol. The van der Waals surface area contributed by atoms with Crippen LogP contribution in [0.5, 0.6) is 0 Å². The predicted octanol–water partition coefficient (Wildman–Crippen LogP) is 5.68. The van der Waals surface area contributed by atoms with Gasteiger partial charge in [0, 0.05) is 21.7 Å². The summed E-state index contributed by atoms with van der Waals surface area (Å²) in [4.78, 5) is 0. The van der Waals surface area contributed by atoms with Gasteiger partial charge in [0.25, 0.3) is 0 Å². The molecule has 0 aliphatic rings. The Balaban J connectivity index is 2.33. The number of likely N-dealkylation sites (N-methyl/N-ethyl adjacent to an activating group) is 1. The van der Waals surface area contributed by atoms with Crippen molar-refractivity contribution in [2.24, 2.45) is 0 Å². The number of halogens is 4. The molecule has 1 unspecified atom stereocenters. The van der Waals surface area contributed by atoms with Gasteiger partial charge in [0.1, 0.15) is 5.82 Å². The lowest BCUT2D eigenvalue weighted by molar-refractivity contribution is 0.549. The molecule has 2 aromatic rings. The minimum atomic E-state index is -0.420.